The molecule has 6 nitrogen and oxygen atoms in total. The van der Waals surface area contributed by atoms with Crippen molar-refractivity contribution in [3.8, 4) is 23.0 Å². The van der Waals surface area contributed by atoms with Crippen molar-refractivity contribution in [2.24, 2.45) is 0 Å². The van der Waals surface area contributed by atoms with E-state index in [4.69, 9.17) is 18.6 Å². The van der Waals surface area contributed by atoms with Gasteiger partial charge in [0.15, 0.2) is 11.5 Å². The lowest BCUT2D eigenvalue weighted by molar-refractivity contribution is 0.0610. The highest BCUT2D eigenvalue weighted by Gasteiger charge is 2.25. The second-order valence-corrected chi connectivity index (χ2v) is 6.88. The Balaban J connectivity index is 1.74. The Hall–Kier alpha value is -2.99. The van der Waals surface area contributed by atoms with Gasteiger partial charge in [0.1, 0.15) is 24.3 Å². The van der Waals surface area contributed by atoms with E-state index in [-0.39, 0.29) is 11.2 Å². The van der Waals surface area contributed by atoms with Crippen LogP contribution >= 0.6 is 0 Å². The molecule has 0 N–H and O–H groups in total. The standard InChI is InChI=1S/C22H23NO5/c1-4-14(2)23-11-16-17(27-13-23)10-9-15-21(24)20(12-26-22(15)16)28-19-8-6-5-7-18(19)25-3/h5-10,12,14H,4,11,13H2,1-3H3/t14-/m0/s1. The first-order valence-electron chi connectivity index (χ1n) is 9.37. The molecule has 0 bridgehead atoms. The third-order valence-corrected chi connectivity index (χ3v) is 5.22. The van der Waals surface area contributed by atoms with Crippen LogP contribution < -0.4 is 19.6 Å². The molecule has 1 atom stereocenters. The fourth-order valence-corrected chi connectivity index (χ4v) is 3.34. The third-order valence-electron chi connectivity index (χ3n) is 5.22. The summed E-state index contributed by atoms with van der Waals surface area (Å²) in [6, 6.07) is 11.1. The monoisotopic (exact) mass is 381 g/mol. The molecular formula is C22H23NO5. The zero-order chi connectivity index (χ0) is 19.7. The fraction of sp³-hybridized carbons (Fsp3) is 0.318. The summed E-state index contributed by atoms with van der Waals surface area (Å²) in [6.07, 6.45) is 2.38. The largest absolute Gasteiger partial charge is 0.493 e. The number of ether oxygens (including phenoxy) is 3. The van der Waals surface area contributed by atoms with E-state index >= 15 is 0 Å². The van der Waals surface area contributed by atoms with Gasteiger partial charge in [0, 0.05) is 12.6 Å². The molecule has 2 aromatic carbocycles. The van der Waals surface area contributed by atoms with E-state index in [1.807, 2.05) is 18.2 Å². The maximum absolute atomic E-state index is 13.0. The second kappa shape index (κ2) is 7.56. The number of nitrogens with zero attached hydrogens (tertiary/aromatic N) is 1. The van der Waals surface area contributed by atoms with E-state index in [2.05, 4.69) is 18.7 Å². The number of fused-ring (bicyclic) bond motifs is 3. The number of benzene rings is 2. The summed E-state index contributed by atoms with van der Waals surface area (Å²) in [7, 11) is 1.56. The molecule has 0 amide bonds. The molecule has 28 heavy (non-hydrogen) atoms. The first-order valence-corrected chi connectivity index (χ1v) is 9.37. The molecule has 1 aliphatic rings. The molecular weight excluding hydrogens is 358 g/mol. The number of methoxy groups -OCH3 is 1. The minimum Gasteiger partial charge on any atom is -0.493 e. The predicted octanol–water partition coefficient (Wildman–Crippen LogP) is 4.54. The third kappa shape index (κ3) is 3.20. The van der Waals surface area contributed by atoms with E-state index in [1.165, 1.54) is 6.26 Å². The lowest BCUT2D eigenvalue weighted by Gasteiger charge is -2.33. The zero-order valence-electron chi connectivity index (χ0n) is 16.2. The number of hydrogen-bond acceptors (Lipinski definition) is 6. The summed E-state index contributed by atoms with van der Waals surface area (Å²) in [5.41, 5.74) is 1.21. The van der Waals surface area contributed by atoms with Crippen LogP contribution in [0.1, 0.15) is 25.8 Å². The Morgan fingerprint density at radius 1 is 1.14 bits per heavy atom. The first kappa shape index (κ1) is 18.4. The molecule has 0 spiro atoms. The van der Waals surface area contributed by atoms with Crippen LogP contribution in [0.4, 0.5) is 0 Å². The molecule has 6 heteroatoms. The molecule has 1 aliphatic heterocycles. The van der Waals surface area contributed by atoms with Crippen LogP contribution in [0.2, 0.25) is 0 Å². The second-order valence-electron chi connectivity index (χ2n) is 6.88. The Kier molecular flexibility index (Phi) is 4.96. The Labute approximate surface area is 163 Å². The molecule has 0 saturated heterocycles. The van der Waals surface area contributed by atoms with Crippen LogP contribution in [0.3, 0.4) is 0 Å². The zero-order valence-corrected chi connectivity index (χ0v) is 16.2. The molecule has 146 valence electrons. The van der Waals surface area contributed by atoms with Gasteiger partial charge in [-0.3, -0.25) is 9.69 Å². The van der Waals surface area contributed by atoms with Crippen molar-refractivity contribution < 1.29 is 18.6 Å². The van der Waals surface area contributed by atoms with Gasteiger partial charge < -0.3 is 18.6 Å². The van der Waals surface area contributed by atoms with Crippen LogP contribution in [-0.2, 0) is 6.54 Å². The van der Waals surface area contributed by atoms with Crippen LogP contribution in [0.25, 0.3) is 11.0 Å². The van der Waals surface area contributed by atoms with Crippen molar-refractivity contribution in [3.63, 3.8) is 0 Å². The fourth-order valence-electron chi connectivity index (χ4n) is 3.34. The maximum atomic E-state index is 13.0. The van der Waals surface area contributed by atoms with E-state index in [9.17, 15) is 4.79 Å². The summed E-state index contributed by atoms with van der Waals surface area (Å²) >= 11 is 0. The number of rotatable bonds is 5. The van der Waals surface area contributed by atoms with Crippen molar-refractivity contribution in [1.82, 2.24) is 4.90 Å². The minimum atomic E-state index is -0.226. The number of para-hydroxylation sites is 2. The summed E-state index contributed by atoms with van der Waals surface area (Å²) < 4.78 is 22.8. The van der Waals surface area contributed by atoms with E-state index < -0.39 is 0 Å². The van der Waals surface area contributed by atoms with Gasteiger partial charge in [-0.25, -0.2) is 0 Å². The van der Waals surface area contributed by atoms with Crippen LogP contribution in [0.5, 0.6) is 23.0 Å². The predicted molar refractivity (Wildman–Crippen MR) is 106 cm³/mol. The highest BCUT2D eigenvalue weighted by atomic mass is 16.5. The Bertz CT molecular complexity index is 1060. The van der Waals surface area contributed by atoms with Gasteiger partial charge in [-0.2, -0.15) is 0 Å². The van der Waals surface area contributed by atoms with Gasteiger partial charge >= 0.3 is 0 Å². The molecule has 0 saturated carbocycles. The minimum absolute atomic E-state index is 0.118. The van der Waals surface area contributed by atoms with E-state index in [0.29, 0.717) is 41.8 Å². The van der Waals surface area contributed by atoms with Gasteiger partial charge in [0.25, 0.3) is 0 Å². The van der Waals surface area contributed by atoms with Crippen molar-refractivity contribution in [3.05, 3.63) is 58.4 Å². The highest BCUT2D eigenvalue weighted by Crippen LogP contribution is 2.34. The molecule has 3 aromatic rings. The SMILES string of the molecule is CC[C@H](C)N1COc2ccc3c(=O)c(Oc4ccccc4OC)coc3c2C1. The van der Waals surface area contributed by atoms with Gasteiger partial charge in [-0.15, -0.1) is 0 Å². The summed E-state index contributed by atoms with van der Waals surface area (Å²) in [5, 5.41) is 0.473. The van der Waals surface area contributed by atoms with Gasteiger partial charge in [0.05, 0.1) is 18.1 Å². The summed E-state index contributed by atoms with van der Waals surface area (Å²) in [4.78, 5) is 15.2. The van der Waals surface area contributed by atoms with E-state index in [1.54, 1.807) is 25.3 Å². The normalized spacial score (nSPS) is 15.0. The Morgan fingerprint density at radius 2 is 1.93 bits per heavy atom. The smallest absolute Gasteiger partial charge is 0.235 e. The van der Waals surface area contributed by atoms with Crippen LogP contribution in [-0.4, -0.2) is 24.8 Å². The van der Waals surface area contributed by atoms with Crippen molar-refractivity contribution in [1.29, 1.82) is 0 Å². The van der Waals surface area contributed by atoms with Crippen LogP contribution in [0, 0.1) is 0 Å². The van der Waals surface area contributed by atoms with Gasteiger partial charge in [-0.1, -0.05) is 19.1 Å². The van der Waals surface area contributed by atoms with E-state index in [0.717, 1.165) is 17.7 Å². The quantitative estimate of drug-likeness (QED) is 0.646. The Morgan fingerprint density at radius 3 is 2.68 bits per heavy atom. The lowest BCUT2D eigenvalue weighted by atomic mass is 10.1. The molecule has 0 radical (unpaired) electrons. The average Bonchev–Trinajstić information content (AvgIpc) is 2.74. The summed E-state index contributed by atoms with van der Waals surface area (Å²) in [5.74, 6) is 1.88. The highest BCUT2D eigenvalue weighted by molar-refractivity contribution is 5.83. The molecule has 0 fully saturated rings. The first-order chi connectivity index (χ1) is 13.6. The van der Waals surface area contributed by atoms with Gasteiger partial charge in [-0.05, 0) is 37.6 Å². The molecule has 0 unspecified atom stereocenters. The molecule has 4 rings (SSSR count). The van der Waals surface area contributed by atoms with Crippen molar-refractivity contribution >= 4 is 11.0 Å². The summed E-state index contributed by atoms with van der Waals surface area (Å²) in [6.45, 7) is 5.52. The van der Waals surface area contributed by atoms with Crippen molar-refractivity contribution in [2.45, 2.75) is 32.9 Å². The van der Waals surface area contributed by atoms with Gasteiger partial charge in [0.2, 0.25) is 11.2 Å². The topological polar surface area (TPSA) is 61.1 Å². The van der Waals surface area contributed by atoms with Crippen molar-refractivity contribution in [2.75, 3.05) is 13.8 Å². The van der Waals surface area contributed by atoms with Crippen LogP contribution in [0.15, 0.2) is 51.9 Å². The molecule has 2 heterocycles. The number of hydrogen-bond donors (Lipinski definition) is 0. The molecule has 1 aromatic heterocycles. The molecule has 0 aliphatic carbocycles. The maximum Gasteiger partial charge on any atom is 0.235 e. The lowest BCUT2D eigenvalue weighted by Crippen LogP contribution is -2.38. The average molecular weight is 381 g/mol.